The maximum Gasteiger partial charge on any atom is 0.213 e. The minimum Gasteiger partial charge on any atom is -0.474 e. The zero-order valence-corrected chi connectivity index (χ0v) is 14.7. The lowest BCUT2D eigenvalue weighted by Crippen LogP contribution is -2.45. The van der Waals surface area contributed by atoms with Crippen LogP contribution in [0.3, 0.4) is 0 Å². The fourth-order valence-corrected chi connectivity index (χ4v) is 3.87. The molecule has 1 N–H and O–H groups in total. The van der Waals surface area contributed by atoms with Gasteiger partial charge in [0.2, 0.25) is 5.88 Å². The van der Waals surface area contributed by atoms with Crippen molar-refractivity contribution in [3.63, 3.8) is 0 Å². The first kappa shape index (κ1) is 16.8. The molecule has 1 aliphatic heterocycles. The molecule has 2 aliphatic rings. The van der Waals surface area contributed by atoms with Crippen LogP contribution in [0.5, 0.6) is 5.88 Å². The number of piperidine rings is 1. The smallest absolute Gasteiger partial charge is 0.213 e. The molecule has 1 aromatic heterocycles. The van der Waals surface area contributed by atoms with Gasteiger partial charge in [0.05, 0.1) is 5.02 Å². The first-order valence-electron chi connectivity index (χ1n) is 8.16. The van der Waals surface area contributed by atoms with Gasteiger partial charge in [0, 0.05) is 23.2 Å². The third-order valence-electron chi connectivity index (χ3n) is 4.83. The number of rotatable bonds is 4. The topological polar surface area (TPSA) is 34.1 Å². The Labute approximate surface area is 147 Å². The average molecular weight is 353 g/mol. The maximum absolute atomic E-state index is 6.09. The summed E-state index contributed by atoms with van der Waals surface area (Å²) in [4.78, 5) is 4.25. The Morgan fingerprint density at radius 2 is 2.22 bits per heavy atom. The number of halogens is 2. The van der Waals surface area contributed by atoms with Crippen LogP contribution in [-0.2, 0) is 0 Å². The molecule has 0 aromatic carbocycles. The van der Waals surface area contributed by atoms with E-state index in [9.17, 15) is 0 Å². The van der Waals surface area contributed by atoms with Crippen molar-refractivity contribution in [1.29, 1.82) is 0 Å². The Morgan fingerprint density at radius 3 is 2.91 bits per heavy atom. The van der Waals surface area contributed by atoms with E-state index in [1.54, 1.807) is 6.20 Å². The van der Waals surface area contributed by atoms with Crippen molar-refractivity contribution < 1.29 is 4.74 Å². The number of ether oxygens (including phenoxy) is 1. The molecule has 1 aromatic rings. The molecule has 0 radical (unpaired) electrons. The normalized spacial score (nSPS) is 29.0. The van der Waals surface area contributed by atoms with E-state index in [1.807, 2.05) is 18.2 Å². The molecule has 1 aliphatic carbocycles. The van der Waals surface area contributed by atoms with E-state index in [0.29, 0.717) is 28.7 Å². The number of hydrogen-bond donors (Lipinski definition) is 1. The van der Waals surface area contributed by atoms with Gasteiger partial charge in [-0.3, -0.25) is 0 Å². The Hall–Kier alpha value is -1.03. The van der Waals surface area contributed by atoms with Crippen LogP contribution < -0.4 is 10.1 Å². The summed E-state index contributed by atoms with van der Waals surface area (Å²) in [6.45, 7) is 4.21. The van der Waals surface area contributed by atoms with Crippen LogP contribution in [0.25, 0.3) is 0 Å². The molecule has 124 valence electrons. The third kappa shape index (κ3) is 4.28. The van der Waals surface area contributed by atoms with Gasteiger partial charge < -0.3 is 10.1 Å². The highest BCUT2D eigenvalue weighted by atomic mass is 35.5. The van der Waals surface area contributed by atoms with Crippen molar-refractivity contribution in [2.24, 2.45) is 17.8 Å². The molecule has 23 heavy (non-hydrogen) atoms. The number of allylic oxidation sites excluding steroid dienone is 4. The van der Waals surface area contributed by atoms with Crippen LogP contribution in [0.2, 0.25) is 5.02 Å². The van der Waals surface area contributed by atoms with Crippen LogP contribution in [0.4, 0.5) is 0 Å². The van der Waals surface area contributed by atoms with Gasteiger partial charge in [0.25, 0.3) is 0 Å². The summed E-state index contributed by atoms with van der Waals surface area (Å²) in [5, 5.41) is 4.99. The Kier molecular flexibility index (Phi) is 5.62. The molecular weight excluding hydrogens is 331 g/mol. The van der Waals surface area contributed by atoms with Crippen LogP contribution in [-0.4, -0.2) is 24.2 Å². The molecule has 3 rings (SSSR count). The van der Waals surface area contributed by atoms with Crippen molar-refractivity contribution in [3.8, 4) is 5.88 Å². The molecular formula is C18H22Cl2N2O. The van der Waals surface area contributed by atoms with Crippen LogP contribution in [0.15, 0.2) is 41.6 Å². The predicted molar refractivity (Wildman–Crippen MR) is 95.0 cm³/mol. The van der Waals surface area contributed by atoms with Gasteiger partial charge >= 0.3 is 0 Å². The molecule has 1 saturated heterocycles. The maximum atomic E-state index is 6.09. The molecule has 5 heteroatoms. The van der Waals surface area contributed by atoms with E-state index < -0.39 is 0 Å². The molecule has 0 saturated carbocycles. The van der Waals surface area contributed by atoms with Gasteiger partial charge in [-0.15, -0.1) is 0 Å². The lowest BCUT2D eigenvalue weighted by molar-refractivity contribution is 0.0658. The zero-order chi connectivity index (χ0) is 16.2. The highest BCUT2D eigenvalue weighted by Crippen LogP contribution is 2.35. The Bertz CT molecular complexity index is 585. The van der Waals surface area contributed by atoms with Crippen molar-refractivity contribution >= 4 is 23.2 Å². The minimum atomic E-state index is 0.116. The standard InChI is InChI=1S/C18H22Cl2N2O/c1-12(23-18-7-6-15(20)10-22-18)16-8-9-21-11-17(16)13-2-4-14(19)5-3-13/h2,4-7,10,12-13,16-17,21H,3,8-9,11H2,1H3/t12-,13?,16+,17+/m0/s1. The third-order valence-corrected chi connectivity index (χ3v) is 5.34. The van der Waals surface area contributed by atoms with Gasteiger partial charge in [0.1, 0.15) is 6.10 Å². The van der Waals surface area contributed by atoms with Gasteiger partial charge in [-0.25, -0.2) is 4.98 Å². The first-order valence-corrected chi connectivity index (χ1v) is 8.92. The van der Waals surface area contributed by atoms with E-state index in [2.05, 4.69) is 29.4 Å². The summed E-state index contributed by atoms with van der Waals surface area (Å²) in [5.41, 5.74) is 0. The second-order valence-corrected chi connectivity index (χ2v) is 7.18. The highest BCUT2D eigenvalue weighted by Gasteiger charge is 2.35. The van der Waals surface area contributed by atoms with Crippen molar-refractivity contribution in [2.75, 3.05) is 13.1 Å². The van der Waals surface area contributed by atoms with Crippen LogP contribution >= 0.6 is 23.2 Å². The number of hydrogen-bond acceptors (Lipinski definition) is 3. The minimum absolute atomic E-state index is 0.116. The van der Waals surface area contributed by atoms with Gasteiger partial charge in [-0.05, 0) is 56.8 Å². The fourth-order valence-electron chi connectivity index (χ4n) is 3.59. The van der Waals surface area contributed by atoms with Crippen LogP contribution in [0.1, 0.15) is 19.8 Å². The summed E-state index contributed by atoms with van der Waals surface area (Å²) >= 11 is 11.9. The van der Waals surface area contributed by atoms with Crippen molar-refractivity contribution in [1.82, 2.24) is 10.3 Å². The monoisotopic (exact) mass is 352 g/mol. The second kappa shape index (κ2) is 7.69. The molecule has 3 nitrogen and oxygen atoms in total. The lowest BCUT2D eigenvalue weighted by Gasteiger charge is -2.39. The van der Waals surface area contributed by atoms with E-state index in [4.69, 9.17) is 27.9 Å². The number of nitrogens with zero attached hydrogens (tertiary/aromatic N) is 1. The summed E-state index contributed by atoms with van der Waals surface area (Å²) in [6.07, 6.45) is 10.2. The van der Waals surface area contributed by atoms with Gasteiger partial charge in [-0.2, -0.15) is 0 Å². The number of pyridine rings is 1. The zero-order valence-electron chi connectivity index (χ0n) is 13.2. The fraction of sp³-hybridized carbons (Fsp3) is 0.500. The summed E-state index contributed by atoms with van der Waals surface area (Å²) in [7, 11) is 0. The number of aromatic nitrogens is 1. The van der Waals surface area contributed by atoms with Crippen LogP contribution in [0, 0.1) is 17.8 Å². The summed E-state index contributed by atoms with van der Waals surface area (Å²) in [6, 6.07) is 3.64. The largest absolute Gasteiger partial charge is 0.474 e. The molecule has 0 spiro atoms. The number of nitrogens with one attached hydrogen (secondary N) is 1. The SMILES string of the molecule is C[C@H](Oc1ccc(Cl)cn1)[C@H]1CCNC[C@@H]1C1C=CC(Cl)=CC1. The highest BCUT2D eigenvalue weighted by molar-refractivity contribution is 6.31. The molecule has 1 unspecified atom stereocenters. The van der Waals surface area contributed by atoms with Crippen molar-refractivity contribution in [3.05, 3.63) is 46.6 Å². The molecule has 0 bridgehead atoms. The lowest BCUT2D eigenvalue weighted by atomic mass is 9.73. The summed E-state index contributed by atoms with van der Waals surface area (Å²) in [5.74, 6) is 2.19. The van der Waals surface area contributed by atoms with E-state index >= 15 is 0 Å². The Morgan fingerprint density at radius 1 is 1.35 bits per heavy atom. The quantitative estimate of drug-likeness (QED) is 0.870. The molecule has 1 fully saturated rings. The van der Waals surface area contributed by atoms with Gasteiger partial charge in [0.15, 0.2) is 0 Å². The second-order valence-electron chi connectivity index (χ2n) is 6.31. The van der Waals surface area contributed by atoms with E-state index in [0.717, 1.165) is 31.0 Å². The summed E-state index contributed by atoms with van der Waals surface area (Å²) < 4.78 is 6.09. The van der Waals surface area contributed by atoms with Crippen molar-refractivity contribution in [2.45, 2.75) is 25.9 Å². The van der Waals surface area contributed by atoms with Gasteiger partial charge in [-0.1, -0.05) is 35.4 Å². The van der Waals surface area contributed by atoms with E-state index in [1.165, 1.54) is 0 Å². The molecule has 4 atom stereocenters. The first-order chi connectivity index (χ1) is 11.1. The van der Waals surface area contributed by atoms with E-state index in [-0.39, 0.29) is 6.10 Å². The molecule has 0 amide bonds. The Balaban J connectivity index is 1.68. The average Bonchev–Trinajstić information content (AvgIpc) is 2.58. The molecule has 2 heterocycles. The predicted octanol–water partition coefficient (Wildman–Crippen LogP) is 4.43.